The summed E-state index contributed by atoms with van der Waals surface area (Å²) >= 11 is 0. The Balaban J connectivity index is 1.94. The first kappa shape index (κ1) is 13.0. The molecule has 1 fully saturated rings. The Labute approximate surface area is 107 Å². The van der Waals surface area contributed by atoms with E-state index in [2.05, 4.69) is 12.2 Å². The van der Waals surface area contributed by atoms with Crippen LogP contribution in [-0.4, -0.2) is 21.4 Å². The Morgan fingerprint density at radius 3 is 2.56 bits per heavy atom. The second-order valence-electron chi connectivity index (χ2n) is 5.11. The van der Waals surface area contributed by atoms with Crippen LogP contribution in [0.2, 0.25) is 0 Å². The molecule has 1 unspecified atom stereocenters. The second-order valence-corrected chi connectivity index (χ2v) is 5.11. The van der Waals surface area contributed by atoms with Crippen molar-refractivity contribution in [2.24, 2.45) is 5.92 Å². The van der Waals surface area contributed by atoms with Crippen LogP contribution in [0.3, 0.4) is 0 Å². The maximum Gasteiger partial charge on any atom is 0.200 e. The molecule has 0 saturated heterocycles. The molecule has 0 radical (unpaired) electrons. The molecule has 0 spiro atoms. The Morgan fingerprint density at radius 2 is 1.94 bits per heavy atom. The van der Waals surface area contributed by atoms with Crippen molar-refractivity contribution in [3.8, 4) is 17.2 Å². The fourth-order valence-corrected chi connectivity index (χ4v) is 2.16. The summed E-state index contributed by atoms with van der Waals surface area (Å²) in [5, 5.41) is 31.8. The number of hydrogen-bond donors (Lipinski definition) is 4. The van der Waals surface area contributed by atoms with Gasteiger partial charge in [-0.25, -0.2) is 0 Å². The zero-order valence-electron chi connectivity index (χ0n) is 10.7. The average molecular weight is 251 g/mol. The van der Waals surface area contributed by atoms with Crippen LogP contribution >= 0.6 is 0 Å². The topological polar surface area (TPSA) is 72.7 Å². The van der Waals surface area contributed by atoms with Crippen LogP contribution < -0.4 is 5.32 Å². The zero-order valence-corrected chi connectivity index (χ0v) is 10.7. The second kappa shape index (κ2) is 5.48. The number of nitrogens with one attached hydrogen (secondary N) is 1. The lowest BCUT2D eigenvalue weighted by molar-refractivity contribution is 0.361. The Hall–Kier alpha value is -1.42. The van der Waals surface area contributed by atoms with Crippen molar-refractivity contribution in [1.29, 1.82) is 0 Å². The number of aromatic hydroxyl groups is 3. The number of hydrogen-bond acceptors (Lipinski definition) is 4. The molecule has 0 heterocycles. The lowest BCUT2D eigenvalue weighted by Crippen LogP contribution is -2.28. The molecule has 18 heavy (non-hydrogen) atoms. The smallest absolute Gasteiger partial charge is 0.200 e. The molecule has 0 amide bonds. The van der Waals surface area contributed by atoms with Gasteiger partial charge in [0, 0.05) is 18.2 Å². The van der Waals surface area contributed by atoms with Crippen LogP contribution in [0.1, 0.15) is 38.2 Å². The van der Waals surface area contributed by atoms with Gasteiger partial charge in [-0.2, -0.15) is 0 Å². The van der Waals surface area contributed by atoms with Gasteiger partial charge in [0.15, 0.2) is 11.5 Å². The van der Waals surface area contributed by atoms with Gasteiger partial charge in [-0.15, -0.1) is 0 Å². The van der Waals surface area contributed by atoms with Crippen LogP contribution in [0.25, 0.3) is 0 Å². The van der Waals surface area contributed by atoms with E-state index >= 15 is 0 Å². The third-order valence-electron chi connectivity index (χ3n) is 3.60. The first-order valence-corrected chi connectivity index (χ1v) is 6.58. The van der Waals surface area contributed by atoms with E-state index in [-0.39, 0.29) is 11.5 Å². The van der Waals surface area contributed by atoms with Gasteiger partial charge in [-0.1, -0.05) is 25.8 Å². The van der Waals surface area contributed by atoms with Crippen molar-refractivity contribution in [1.82, 2.24) is 5.32 Å². The van der Waals surface area contributed by atoms with Gasteiger partial charge in [-0.05, 0) is 24.8 Å². The average Bonchev–Trinajstić information content (AvgIpc) is 3.17. The molecule has 1 aliphatic rings. The van der Waals surface area contributed by atoms with E-state index in [1.807, 2.05) is 0 Å². The highest BCUT2D eigenvalue weighted by molar-refractivity contribution is 5.52. The Bertz CT molecular complexity index is 416. The molecule has 0 aromatic heterocycles. The monoisotopic (exact) mass is 251 g/mol. The van der Waals surface area contributed by atoms with E-state index in [1.165, 1.54) is 25.3 Å². The molecule has 4 nitrogen and oxygen atoms in total. The minimum absolute atomic E-state index is 0.233. The molecule has 100 valence electrons. The van der Waals surface area contributed by atoms with Crippen molar-refractivity contribution in [3.63, 3.8) is 0 Å². The van der Waals surface area contributed by atoms with Crippen LogP contribution in [-0.2, 0) is 6.54 Å². The van der Waals surface area contributed by atoms with Crippen LogP contribution in [0.4, 0.5) is 0 Å². The maximum atomic E-state index is 9.71. The highest BCUT2D eigenvalue weighted by atomic mass is 16.3. The molecule has 4 N–H and O–H groups in total. The van der Waals surface area contributed by atoms with Gasteiger partial charge < -0.3 is 20.6 Å². The van der Waals surface area contributed by atoms with Crippen LogP contribution in [0.5, 0.6) is 17.2 Å². The lowest BCUT2D eigenvalue weighted by atomic mass is 10.1. The zero-order chi connectivity index (χ0) is 13.1. The standard InChI is InChI=1S/C14H21NO3/c1-2-11(7-9-3-4-9)15-8-10-5-6-12(16)14(18)13(10)17/h5-6,9,11,15-18H,2-4,7-8H2,1H3. The maximum absolute atomic E-state index is 9.71. The fourth-order valence-electron chi connectivity index (χ4n) is 2.16. The SMILES string of the molecule is CCC(CC1CC1)NCc1ccc(O)c(O)c1O. The number of phenols is 3. The van der Waals surface area contributed by atoms with E-state index in [0.717, 1.165) is 12.3 Å². The normalized spacial score (nSPS) is 16.7. The molecule has 0 aliphatic heterocycles. The van der Waals surface area contributed by atoms with E-state index in [0.29, 0.717) is 18.2 Å². The molecule has 2 rings (SSSR count). The molecule has 1 aromatic rings. The minimum Gasteiger partial charge on any atom is -0.504 e. The number of phenolic OH excluding ortho intramolecular Hbond substituents is 3. The largest absolute Gasteiger partial charge is 0.504 e. The molecule has 0 bridgehead atoms. The van der Waals surface area contributed by atoms with Crippen molar-refractivity contribution in [2.75, 3.05) is 0 Å². The van der Waals surface area contributed by atoms with Crippen LogP contribution in [0.15, 0.2) is 12.1 Å². The Morgan fingerprint density at radius 1 is 1.22 bits per heavy atom. The molecule has 1 saturated carbocycles. The van der Waals surface area contributed by atoms with Crippen LogP contribution in [0, 0.1) is 5.92 Å². The van der Waals surface area contributed by atoms with Gasteiger partial charge in [-0.3, -0.25) is 0 Å². The quantitative estimate of drug-likeness (QED) is 0.586. The lowest BCUT2D eigenvalue weighted by Gasteiger charge is -2.17. The van der Waals surface area contributed by atoms with Gasteiger partial charge in [0.05, 0.1) is 0 Å². The fraction of sp³-hybridized carbons (Fsp3) is 0.571. The van der Waals surface area contributed by atoms with Crippen molar-refractivity contribution >= 4 is 0 Å². The molecule has 1 aliphatic carbocycles. The van der Waals surface area contributed by atoms with Crippen molar-refractivity contribution in [2.45, 2.75) is 45.2 Å². The third kappa shape index (κ3) is 3.07. The summed E-state index contributed by atoms with van der Waals surface area (Å²) in [6.07, 6.45) is 4.91. The predicted molar refractivity (Wildman–Crippen MR) is 69.7 cm³/mol. The first-order chi connectivity index (χ1) is 8.61. The summed E-state index contributed by atoms with van der Waals surface area (Å²) < 4.78 is 0. The summed E-state index contributed by atoms with van der Waals surface area (Å²) in [6.45, 7) is 2.65. The Kier molecular flexibility index (Phi) is 3.97. The number of rotatable bonds is 6. The molecule has 1 aromatic carbocycles. The third-order valence-corrected chi connectivity index (χ3v) is 3.60. The van der Waals surface area contributed by atoms with E-state index in [9.17, 15) is 15.3 Å². The predicted octanol–water partition coefficient (Wildman–Crippen LogP) is 2.47. The molecule has 4 heteroatoms. The summed E-state index contributed by atoms with van der Waals surface area (Å²) in [7, 11) is 0. The van der Waals surface area contributed by atoms with Gasteiger partial charge in [0.1, 0.15) is 0 Å². The highest BCUT2D eigenvalue weighted by Crippen LogP contribution is 2.37. The highest BCUT2D eigenvalue weighted by Gasteiger charge is 2.24. The van der Waals surface area contributed by atoms with Gasteiger partial charge in [0.25, 0.3) is 0 Å². The van der Waals surface area contributed by atoms with E-state index in [4.69, 9.17) is 0 Å². The molecular weight excluding hydrogens is 230 g/mol. The van der Waals surface area contributed by atoms with E-state index in [1.54, 1.807) is 6.07 Å². The minimum atomic E-state index is -0.440. The molecular formula is C14H21NO3. The summed E-state index contributed by atoms with van der Waals surface area (Å²) in [6, 6.07) is 3.47. The van der Waals surface area contributed by atoms with Crippen molar-refractivity contribution in [3.05, 3.63) is 17.7 Å². The van der Waals surface area contributed by atoms with E-state index < -0.39 is 5.75 Å². The van der Waals surface area contributed by atoms with Crippen molar-refractivity contribution < 1.29 is 15.3 Å². The summed E-state index contributed by atoms with van der Waals surface area (Å²) in [5.41, 5.74) is 0.611. The molecule has 1 atom stereocenters. The summed E-state index contributed by atoms with van der Waals surface area (Å²) in [5.74, 6) is -0.0983. The number of benzene rings is 1. The van der Waals surface area contributed by atoms with Gasteiger partial charge in [0.2, 0.25) is 5.75 Å². The first-order valence-electron chi connectivity index (χ1n) is 6.58. The van der Waals surface area contributed by atoms with Gasteiger partial charge >= 0.3 is 0 Å². The summed E-state index contributed by atoms with van der Waals surface area (Å²) in [4.78, 5) is 0.